The van der Waals surface area contributed by atoms with Crippen molar-refractivity contribution < 1.29 is 23.4 Å². The van der Waals surface area contributed by atoms with Gasteiger partial charge in [0.15, 0.2) is 14.1 Å². The van der Waals surface area contributed by atoms with E-state index in [1.165, 1.54) is 0 Å². The van der Waals surface area contributed by atoms with Gasteiger partial charge in [0, 0.05) is 11.1 Å². The zero-order chi connectivity index (χ0) is 22.7. The molecule has 0 aliphatic carbocycles. The minimum atomic E-state index is -1.70. The van der Waals surface area contributed by atoms with Crippen molar-refractivity contribution in [3.05, 3.63) is 65.7 Å². The van der Waals surface area contributed by atoms with Crippen molar-refractivity contribution in [3.8, 4) is 5.75 Å². The third-order valence-corrected chi connectivity index (χ3v) is 10.1. The molecule has 0 saturated heterocycles. The first kappa shape index (κ1) is 25.3. The maximum atomic E-state index is 12.4. The SMILES string of the molecule is CC(C)(C)[Si](C)(C)OCCOCCOCCOc1ccc(C(=O)c2ccccc2)cc1. The van der Waals surface area contributed by atoms with E-state index in [0.29, 0.717) is 56.5 Å². The number of hydrogen-bond donors (Lipinski definition) is 0. The van der Waals surface area contributed by atoms with Crippen LogP contribution < -0.4 is 4.74 Å². The lowest BCUT2D eigenvalue weighted by Crippen LogP contribution is -2.41. The highest BCUT2D eigenvalue weighted by Gasteiger charge is 2.36. The lowest BCUT2D eigenvalue weighted by molar-refractivity contribution is 0.0260. The summed E-state index contributed by atoms with van der Waals surface area (Å²) < 4.78 is 22.9. The predicted molar refractivity (Wildman–Crippen MR) is 127 cm³/mol. The molecule has 0 amide bonds. The third-order valence-electron chi connectivity index (χ3n) is 5.52. The van der Waals surface area contributed by atoms with Crippen LogP contribution in [-0.4, -0.2) is 53.7 Å². The van der Waals surface area contributed by atoms with Crippen LogP contribution in [0.1, 0.15) is 36.7 Å². The number of ether oxygens (including phenoxy) is 3. The molecule has 2 aromatic carbocycles. The molecule has 2 rings (SSSR count). The molecule has 0 aliphatic heterocycles. The molecule has 0 heterocycles. The number of rotatable bonds is 13. The topological polar surface area (TPSA) is 54.0 Å². The highest BCUT2D eigenvalue weighted by Crippen LogP contribution is 2.36. The van der Waals surface area contributed by atoms with Crippen LogP contribution in [0.25, 0.3) is 0 Å². The third kappa shape index (κ3) is 8.57. The molecular weight excluding hydrogens is 408 g/mol. The van der Waals surface area contributed by atoms with Crippen LogP contribution in [0, 0.1) is 0 Å². The Bertz CT molecular complexity index is 782. The summed E-state index contributed by atoms with van der Waals surface area (Å²) in [6, 6.07) is 16.4. The molecule has 0 spiro atoms. The summed E-state index contributed by atoms with van der Waals surface area (Å²) >= 11 is 0. The Morgan fingerprint density at radius 3 is 1.84 bits per heavy atom. The van der Waals surface area contributed by atoms with E-state index in [2.05, 4.69) is 33.9 Å². The second-order valence-corrected chi connectivity index (χ2v) is 13.7. The quantitative estimate of drug-likeness (QED) is 0.237. The second kappa shape index (κ2) is 12.1. The summed E-state index contributed by atoms with van der Waals surface area (Å²) in [5.74, 6) is 0.720. The van der Waals surface area contributed by atoms with E-state index < -0.39 is 8.32 Å². The molecule has 0 atom stereocenters. The van der Waals surface area contributed by atoms with Crippen LogP contribution in [0.3, 0.4) is 0 Å². The molecule has 0 aliphatic rings. The van der Waals surface area contributed by atoms with Crippen molar-refractivity contribution in [3.63, 3.8) is 0 Å². The van der Waals surface area contributed by atoms with Crippen LogP contribution >= 0.6 is 0 Å². The Morgan fingerprint density at radius 2 is 1.26 bits per heavy atom. The zero-order valence-corrected chi connectivity index (χ0v) is 20.5. The van der Waals surface area contributed by atoms with Gasteiger partial charge in [-0.3, -0.25) is 4.79 Å². The number of ketones is 1. The fraction of sp³-hybridized carbons (Fsp3) is 0.480. The van der Waals surface area contributed by atoms with Gasteiger partial charge in [0.05, 0.1) is 33.0 Å². The Hall–Kier alpha value is -1.99. The van der Waals surface area contributed by atoms with E-state index in [1.807, 2.05) is 42.5 Å². The minimum absolute atomic E-state index is 0.00481. The van der Waals surface area contributed by atoms with Crippen molar-refractivity contribution >= 4 is 14.1 Å². The first-order valence-corrected chi connectivity index (χ1v) is 13.7. The van der Waals surface area contributed by atoms with E-state index in [4.69, 9.17) is 18.6 Å². The van der Waals surface area contributed by atoms with Crippen LogP contribution in [0.15, 0.2) is 54.6 Å². The van der Waals surface area contributed by atoms with Crippen molar-refractivity contribution in [2.45, 2.75) is 38.9 Å². The Morgan fingerprint density at radius 1 is 0.742 bits per heavy atom. The minimum Gasteiger partial charge on any atom is -0.491 e. The molecule has 170 valence electrons. The fourth-order valence-corrected chi connectivity index (χ4v) is 3.60. The first-order chi connectivity index (χ1) is 14.7. The van der Waals surface area contributed by atoms with Crippen molar-refractivity contribution in [1.82, 2.24) is 0 Å². The monoisotopic (exact) mass is 444 g/mol. The molecule has 0 aromatic heterocycles. The van der Waals surface area contributed by atoms with E-state index >= 15 is 0 Å². The summed E-state index contributed by atoms with van der Waals surface area (Å²) in [5.41, 5.74) is 1.32. The second-order valence-electron chi connectivity index (χ2n) is 8.90. The fourth-order valence-electron chi connectivity index (χ4n) is 2.57. The van der Waals surface area contributed by atoms with Gasteiger partial charge in [-0.25, -0.2) is 0 Å². The van der Waals surface area contributed by atoms with Gasteiger partial charge in [-0.05, 0) is 42.4 Å². The van der Waals surface area contributed by atoms with E-state index in [1.54, 1.807) is 12.1 Å². The van der Waals surface area contributed by atoms with Gasteiger partial charge >= 0.3 is 0 Å². The summed E-state index contributed by atoms with van der Waals surface area (Å²) in [4.78, 5) is 12.4. The normalized spacial score (nSPS) is 12.0. The van der Waals surface area contributed by atoms with Gasteiger partial charge < -0.3 is 18.6 Å². The zero-order valence-electron chi connectivity index (χ0n) is 19.5. The lowest BCUT2D eigenvalue weighted by atomic mass is 10.0. The van der Waals surface area contributed by atoms with Crippen LogP contribution in [0.5, 0.6) is 5.75 Å². The molecule has 2 aromatic rings. The summed E-state index contributed by atoms with van der Waals surface area (Å²) in [6.07, 6.45) is 0. The molecule has 0 saturated carbocycles. The number of hydrogen-bond acceptors (Lipinski definition) is 5. The van der Waals surface area contributed by atoms with Crippen LogP contribution in [-0.2, 0) is 13.9 Å². The number of carbonyl (C=O) groups excluding carboxylic acids is 1. The average Bonchev–Trinajstić information content (AvgIpc) is 2.74. The molecule has 0 N–H and O–H groups in total. The molecule has 5 nitrogen and oxygen atoms in total. The Balaban J connectivity index is 1.54. The standard InChI is InChI=1S/C25H36O5Si/c1-25(2,3)31(4,5)30-20-18-28-16-15-27-17-19-29-23-13-11-22(12-14-23)24(26)21-9-7-6-8-10-21/h6-14H,15-20H2,1-5H3. The maximum absolute atomic E-state index is 12.4. The highest BCUT2D eigenvalue weighted by atomic mass is 28.4. The van der Waals surface area contributed by atoms with E-state index in [0.717, 1.165) is 0 Å². The lowest BCUT2D eigenvalue weighted by Gasteiger charge is -2.36. The molecule has 31 heavy (non-hydrogen) atoms. The smallest absolute Gasteiger partial charge is 0.193 e. The van der Waals surface area contributed by atoms with Crippen LogP contribution in [0.2, 0.25) is 18.1 Å². The van der Waals surface area contributed by atoms with Crippen LogP contribution in [0.4, 0.5) is 0 Å². The number of carbonyl (C=O) groups is 1. The summed E-state index contributed by atoms with van der Waals surface area (Å²) in [6.45, 7) is 14.4. The van der Waals surface area contributed by atoms with E-state index in [-0.39, 0.29) is 10.8 Å². The van der Waals surface area contributed by atoms with Gasteiger partial charge in [-0.1, -0.05) is 51.1 Å². The van der Waals surface area contributed by atoms with Gasteiger partial charge in [-0.15, -0.1) is 0 Å². The predicted octanol–water partition coefficient (Wildman–Crippen LogP) is 5.35. The maximum Gasteiger partial charge on any atom is 0.193 e. The first-order valence-electron chi connectivity index (χ1n) is 10.8. The molecular formula is C25H36O5Si. The van der Waals surface area contributed by atoms with Crippen molar-refractivity contribution in [1.29, 1.82) is 0 Å². The molecule has 0 fully saturated rings. The largest absolute Gasteiger partial charge is 0.491 e. The van der Waals surface area contributed by atoms with Gasteiger partial charge in [0.25, 0.3) is 0 Å². The van der Waals surface area contributed by atoms with Gasteiger partial charge in [0.2, 0.25) is 0 Å². The Labute approximate surface area is 187 Å². The molecule has 0 bridgehead atoms. The molecule has 6 heteroatoms. The van der Waals surface area contributed by atoms with E-state index in [9.17, 15) is 4.79 Å². The van der Waals surface area contributed by atoms with Gasteiger partial charge in [0.1, 0.15) is 12.4 Å². The number of benzene rings is 2. The molecule has 0 unspecified atom stereocenters. The van der Waals surface area contributed by atoms with Crippen molar-refractivity contribution in [2.24, 2.45) is 0 Å². The van der Waals surface area contributed by atoms with Gasteiger partial charge in [-0.2, -0.15) is 0 Å². The summed E-state index contributed by atoms with van der Waals surface area (Å²) in [7, 11) is -1.70. The van der Waals surface area contributed by atoms with Crippen molar-refractivity contribution in [2.75, 3.05) is 39.6 Å². The highest BCUT2D eigenvalue weighted by molar-refractivity contribution is 6.74. The average molecular weight is 445 g/mol. The summed E-state index contributed by atoms with van der Waals surface area (Å²) in [5, 5.41) is 0.216. The Kier molecular flexibility index (Phi) is 9.90. The molecule has 0 radical (unpaired) electrons.